The number of hydrogen-bond acceptors (Lipinski definition) is 4. The lowest BCUT2D eigenvalue weighted by molar-refractivity contribution is -0.120. The fourth-order valence-electron chi connectivity index (χ4n) is 2.20. The molecule has 0 aromatic heterocycles. The summed E-state index contributed by atoms with van der Waals surface area (Å²) in [6.07, 6.45) is 0. The van der Waals surface area contributed by atoms with Crippen LogP contribution in [0.1, 0.15) is 15.9 Å². The molecule has 3 rings (SSSR count). The van der Waals surface area contributed by atoms with Crippen molar-refractivity contribution in [2.75, 3.05) is 13.3 Å². The average molecular weight is 330 g/mol. The number of nitrogens with one attached hydrogen (secondary N) is 2. The first-order valence-electron chi connectivity index (χ1n) is 7.31. The van der Waals surface area contributed by atoms with E-state index in [1.54, 1.807) is 36.4 Å². The molecule has 2 amide bonds. The van der Waals surface area contributed by atoms with Crippen LogP contribution in [0.15, 0.2) is 42.5 Å². The summed E-state index contributed by atoms with van der Waals surface area (Å²) in [6.45, 7) is -0.0218. The third kappa shape index (κ3) is 3.62. The Balaban J connectivity index is 1.49. The van der Waals surface area contributed by atoms with E-state index in [0.717, 1.165) is 0 Å². The van der Waals surface area contributed by atoms with Gasteiger partial charge in [-0.25, -0.2) is 4.39 Å². The standard InChI is InChI=1S/C17H15FN2O4/c18-13-4-2-1-3-12(13)8-19-16(21)9-20-17(22)11-5-6-14-15(7-11)24-10-23-14/h1-7H,8-10H2,(H,19,21)(H,20,22). The number of halogens is 1. The largest absolute Gasteiger partial charge is 0.454 e. The van der Waals surface area contributed by atoms with Crippen molar-refractivity contribution in [3.05, 3.63) is 59.4 Å². The van der Waals surface area contributed by atoms with Crippen molar-refractivity contribution >= 4 is 11.8 Å². The Morgan fingerprint density at radius 3 is 2.67 bits per heavy atom. The van der Waals surface area contributed by atoms with Crippen LogP contribution in [0.25, 0.3) is 0 Å². The fraction of sp³-hybridized carbons (Fsp3) is 0.176. The van der Waals surface area contributed by atoms with Crippen LogP contribution in [0, 0.1) is 5.82 Å². The minimum atomic E-state index is -0.410. The highest BCUT2D eigenvalue weighted by atomic mass is 19.1. The van der Waals surface area contributed by atoms with Crippen LogP contribution in [0.4, 0.5) is 4.39 Å². The number of benzene rings is 2. The second kappa shape index (κ2) is 6.99. The van der Waals surface area contributed by atoms with Crippen molar-refractivity contribution in [1.82, 2.24) is 10.6 Å². The molecule has 0 bridgehead atoms. The molecule has 24 heavy (non-hydrogen) atoms. The maximum atomic E-state index is 13.4. The molecule has 6 nitrogen and oxygen atoms in total. The van der Waals surface area contributed by atoms with Gasteiger partial charge in [-0.05, 0) is 24.3 Å². The van der Waals surface area contributed by atoms with Crippen molar-refractivity contribution in [2.24, 2.45) is 0 Å². The molecule has 0 fully saturated rings. The monoisotopic (exact) mass is 330 g/mol. The zero-order valence-corrected chi connectivity index (χ0v) is 12.7. The molecule has 0 atom stereocenters. The number of ether oxygens (including phenoxy) is 2. The van der Waals surface area contributed by atoms with E-state index in [-0.39, 0.29) is 25.7 Å². The first kappa shape index (κ1) is 15.8. The van der Waals surface area contributed by atoms with E-state index in [4.69, 9.17) is 9.47 Å². The quantitative estimate of drug-likeness (QED) is 0.873. The van der Waals surface area contributed by atoms with Crippen LogP contribution in [0.3, 0.4) is 0 Å². The van der Waals surface area contributed by atoms with Gasteiger partial charge in [-0.1, -0.05) is 18.2 Å². The summed E-state index contributed by atoms with van der Waals surface area (Å²) in [6, 6.07) is 10.9. The van der Waals surface area contributed by atoms with Gasteiger partial charge in [-0.15, -0.1) is 0 Å². The maximum Gasteiger partial charge on any atom is 0.251 e. The van der Waals surface area contributed by atoms with Gasteiger partial charge in [-0.3, -0.25) is 9.59 Å². The smallest absolute Gasteiger partial charge is 0.251 e. The molecule has 7 heteroatoms. The van der Waals surface area contributed by atoms with E-state index in [9.17, 15) is 14.0 Å². The van der Waals surface area contributed by atoms with Gasteiger partial charge in [0.05, 0.1) is 6.54 Å². The average Bonchev–Trinajstić information content (AvgIpc) is 3.06. The molecule has 0 radical (unpaired) electrons. The zero-order valence-electron chi connectivity index (χ0n) is 12.7. The molecule has 1 heterocycles. The third-order valence-corrected chi connectivity index (χ3v) is 3.48. The molecule has 2 aromatic carbocycles. The lowest BCUT2D eigenvalue weighted by Gasteiger charge is -2.08. The molecular weight excluding hydrogens is 315 g/mol. The van der Waals surface area contributed by atoms with Gasteiger partial charge in [-0.2, -0.15) is 0 Å². The van der Waals surface area contributed by atoms with Crippen LogP contribution in [0.5, 0.6) is 11.5 Å². The van der Waals surface area contributed by atoms with Crippen molar-refractivity contribution in [2.45, 2.75) is 6.54 Å². The molecule has 2 aromatic rings. The molecule has 0 spiro atoms. The molecule has 1 aliphatic heterocycles. The Bertz CT molecular complexity index is 779. The SMILES string of the molecule is O=C(CNC(=O)c1ccc2c(c1)OCO2)NCc1ccccc1F. The highest BCUT2D eigenvalue weighted by Crippen LogP contribution is 2.32. The van der Waals surface area contributed by atoms with E-state index >= 15 is 0 Å². The van der Waals surface area contributed by atoms with Crippen molar-refractivity contribution in [3.63, 3.8) is 0 Å². The van der Waals surface area contributed by atoms with Gasteiger partial charge >= 0.3 is 0 Å². The second-order valence-corrected chi connectivity index (χ2v) is 5.12. The Morgan fingerprint density at radius 1 is 1.04 bits per heavy atom. The topological polar surface area (TPSA) is 76.7 Å². The van der Waals surface area contributed by atoms with Gasteiger partial charge in [0.15, 0.2) is 11.5 Å². The van der Waals surface area contributed by atoms with E-state index in [1.807, 2.05) is 0 Å². The number of rotatable bonds is 5. The molecule has 1 aliphatic rings. The molecule has 124 valence electrons. The summed E-state index contributed by atoms with van der Waals surface area (Å²) in [5, 5.41) is 5.05. The zero-order chi connectivity index (χ0) is 16.9. The lowest BCUT2D eigenvalue weighted by Crippen LogP contribution is -2.36. The first-order chi connectivity index (χ1) is 11.6. The summed E-state index contributed by atoms with van der Waals surface area (Å²) in [5.74, 6) is -0.135. The van der Waals surface area contributed by atoms with E-state index in [2.05, 4.69) is 10.6 Å². The second-order valence-electron chi connectivity index (χ2n) is 5.12. The molecule has 0 aliphatic carbocycles. The van der Waals surface area contributed by atoms with Crippen LogP contribution < -0.4 is 20.1 Å². The van der Waals surface area contributed by atoms with Gasteiger partial charge in [0.1, 0.15) is 5.82 Å². The minimum Gasteiger partial charge on any atom is -0.454 e. The van der Waals surface area contributed by atoms with E-state index in [0.29, 0.717) is 22.6 Å². The van der Waals surface area contributed by atoms with Crippen LogP contribution in [0.2, 0.25) is 0 Å². The summed E-state index contributed by atoms with van der Waals surface area (Å²) in [5.41, 5.74) is 0.745. The highest BCUT2D eigenvalue weighted by Gasteiger charge is 2.16. The van der Waals surface area contributed by atoms with E-state index < -0.39 is 11.8 Å². The molecule has 0 unspecified atom stereocenters. The summed E-state index contributed by atoms with van der Waals surface area (Å²) < 4.78 is 23.8. The summed E-state index contributed by atoms with van der Waals surface area (Å²) >= 11 is 0. The van der Waals surface area contributed by atoms with Crippen molar-refractivity contribution in [3.8, 4) is 11.5 Å². The number of fused-ring (bicyclic) bond motifs is 1. The molecular formula is C17H15FN2O4. The summed E-state index contributed by atoms with van der Waals surface area (Å²) in [4.78, 5) is 23.8. The lowest BCUT2D eigenvalue weighted by atomic mass is 10.2. The number of carbonyl (C=O) groups is 2. The Morgan fingerprint density at radius 2 is 1.83 bits per heavy atom. The molecule has 0 saturated carbocycles. The predicted molar refractivity (Wildman–Crippen MR) is 83.1 cm³/mol. The normalized spacial score (nSPS) is 11.9. The minimum absolute atomic E-state index is 0.0609. The van der Waals surface area contributed by atoms with Crippen LogP contribution in [-0.2, 0) is 11.3 Å². The summed E-state index contributed by atoms with van der Waals surface area (Å²) in [7, 11) is 0. The Hall–Kier alpha value is -3.09. The third-order valence-electron chi connectivity index (χ3n) is 3.48. The maximum absolute atomic E-state index is 13.4. The van der Waals surface area contributed by atoms with Crippen molar-refractivity contribution < 1.29 is 23.5 Å². The van der Waals surface area contributed by atoms with Crippen molar-refractivity contribution in [1.29, 1.82) is 0 Å². The van der Waals surface area contributed by atoms with Crippen LogP contribution in [-0.4, -0.2) is 25.2 Å². The van der Waals surface area contributed by atoms with E-state index in [1.165, 1.54) is 6.07 Å². The van der Waals surface area contributed by atoms with Gasteiger partial charge < -0.3 is 20.1 Å². The van der Waals surface area contributed by atoms with Gasteiger partial charge in [0.2, 0.25) is 12.7 Å². The van der Waals surface area contributed by atoms with Crippen LogP contribution >= 0.6 is 0 Å². The number of hydrogen-bond donors (Lipinski definition) is 2. The highest BCUT2D eigenvalue weighted by molar-refractivity contribution is 5.97. The first-order valence-corrected chi connectivity index (χ1v) is 7.31. The van der Waals surface area contributed by atoms with Gasteiger partial charge in [0.25, 0.3) is 5.91 Å². The number of carbonyl (C=O) groups excluding carboxylic acids is 2. The predicted octanol–water partition coefficient (Wildman–Crippen LogP) is 1.60. The Kier molecular flexibility index (Phi) is 4.60. The molecule has 0 saturated heterocycles. The van der Waals surface area contributed by atoms with Gasteiger partial charge in [0, 0.05) is 17.7 Å². The number of amides is 2. The Labute approximate surface area is 137 Å². The fourth-order valence-corrected chi connectivity index (χ4v) is 2.20. The molecule has 2 N–H and O–H groups in total.